The van der Waals surface area contributed by atoms with Crippen molar-refractivity contribution in [2.75, 3.05) is 44.3 Å². The molecule has 0 unspecified atom stereocenters. The third kappa shape index (κ3) is 3.59. The van der Waals surface area contributed by atoms with Crippen molar-refractivity contribution in [1.29, 1.82) is 0 Å². The van der Waals surface area contributed by atoms with E-state index in [0.29, 0.717) is 32.0 Å². The molecule has 28 heavy (non-hydrogen) atoms. The zero-order valence-electron chi connectivity index (χ0n) is 15.8. The minimum absolute atomic E-state index is 0.162. The molecule has 0 radical (unpaired) electrons. The van der Waals surface area contributed by atoms with Crippen LogP contribution in [-0.2, 0) is 24.3 Å². The number of nitrogens with one attached hydrogen (secondary N) is 1. The van der Waals surface area contributed by atoms with Crippen molar-refractivity contribution >= 4 is 27.5 Å². The van der Waals surface area contributed by atoms with Crippen LogP contribution in [0.4, 0.5) is 5.69 Å². The number of amides is 2. The molecule has 1 N–H and O–H groups in total. The van der Waals surface area contributed by atoms with Gasteiger partial charge in [-0.05, 0) is 43.5 Å². The standard InChI is InChI=1S/C19H25N3O5S/c23-18-14-17(20-8-2-1-3-9-20)19(24)22(18)15-4-6-16(7-5-15)28(25,26)21-10-12-27-13-11-21/h4-7,17H,1-3,8-14H2/p+1/t17-/m1/s1. The van der Waals surface area contributed by atoms with Gasteiger partial charge in [0.15, 0.2) is 6.04 Å². The first-order valence-electron chi connectivity index (χ1n) is 9.88. The van der Waals surface area contributed by atoms with Crippen LogP contribution in [0, 0.1) is 0 Å². The lowest BCUT2D eigenvalue weighted by Crippen LogP contribution is -3.17. The lowest BCUT2D eigenvalue weighted by Gasteiger charge is -2.27. The van der Waals surface area contributed by atoms with E-state index in [-0.39, 0.29) is 29.2 Å². The molecule has 0 spiro atoms. The third-order valence-corrected chi connectivity index (χ3v) is 7.75. The van der Waals surface area contributed by atoms with Gasteiger partial charge in [-0.1, -0.05) is 0 Å². The summed E-state index contributed by atoms with van der Waals surface area (Å²) in [5.74, 6) is -0.387. The highest BCUT2D eigenvalue weighted by Gasteiger charge is 2.46. The zero-order valence-corrected chi connectivity index (χ0v) is 16.6. The summed E-state index contributed by atoms with van der Waals surface area (Å²) in [5, 5.41) is 0. The number of rotatable bonds is 4. The Morgan fingerprint density at radius 3 is 2.25 bits per heavy atom. The van der Waals surface area contributed by atoms with Crippen LogP contribution in [0.25, 0.3) is 0 Å². The number of sulfonamides is 1. The van der Waals surface area contributed by atoms with Crippen LogP contribution >= 0.6 is 0 Å². The molecule has 3 saturated heterocycles. The van der Waals surface area contributed by atoms with Gasteiger partial charge in [-0.2, -0.15) is 4.31 Å². The molecule has 3 heterocycles. The van der Waals surface area contributed by atoms with Gasteiger partial charge in [-0.25, -0.2) is 13.3 Å². The number of benzene rings is 1. The maximum atomic E-state index is 12.9. The van der Waals surface area contributed by atoms with E-state index in [9.17, 15) is 18.0 Å². The Morgan fingerprint density at radius 1 is 0.964 bits per heavy atom. The number of hydrogen-bond acceptors (Lipinski definition) is 5. The van der Waals surface area contributed by atoms with Gasteiger partial charge in [0.1, 0.15) is 0 Å². The van der Waals surface area contributed by atoms with E-state index in [0.717, 1.165) is 25.9 Å². The second-order valence-corrected chi connectivity index (χ2v) is 9.49. The van der Waals surface area contributed by atoms with Crippen molar-refractivity contribution in [1.82, 2.24) is 4.31 Å². The number of morpholine rings is 1. The van der Waals surface area contributed by atoms with E-state index < -0.39 is 10.0 Å². The predicted octanol–water partition coefficient (Wildman–Crippen LogP) is -0.592. The number of carbonyl (C=O) groups excluding carboxylic acids is 2. The van der Waals surface area contributed by atoms with Crippen molar-refractivity contribution in [2.24, 2.45) is 0 Å². The van der Waals surface area contributed by atoms with Crippen molar-refractivity contribution in [3.05, 3.63) is 24.3 Å². The number of carbonyl (C=O) groups is 2. The number of imide groups is 1. The molecule has 2 amide bonds. The molecule has 4 rings (SSSR count). The molecule has 1 aromatic rings. The first kappa shape index (κ1) is 19.5. The SMILES string of the molecule is O=C1C[C@@H]([NH+]2CCCCC2)C(=O)N1c1ccc(S(=O)(=O)N2CCOCC2)cc1. The Morgan fingerprint density at radius 2 is 1.61 bits per heavy atom. The van der Waals surface area contributed by atoms with Gasteiger partial charge in [0, 0.05) is 13.1 Å². The number of hydrogen-bond donors (Lipinski definition) is 1. The van der Waals surface area contributed by atoms with Crippen LogP contribution in [0.5, 0.6) is 0 Å². The lowest BCUT2D eigenvalue weighted by atomic mass is 10.1. The highest BCUT2D eigenvalue weighted by atomic mass is 32.2. The minimum atomic E-state index is -3.60. The quantitative estimate of drug-likeness (QED) is 0.673. The second kappa shape index (κ2) is 7.90. The first-order valence-corrected chi connectivity index (χ1v) is 11.3. The zero-order chi connectivity index (χ0) is 19.7. The Kier molecular flexibility index (Phi) is 5.50. The van der Waals surface area contributed by atoms with Gasteiger partial charge in [-0.15, -0.1) is 0 Å². The summed E-state index contributed by atoms with van der Waals surface area (Å²) >= 11 is 0. The number of anilines is 1. The fraction of sp³-hybridized carbons (Fsp3) is 0.579. The molecular formula is C19H26N3O5S+. The lowest BCUT2D eigenvalue weighted by molar-refractivity contribution is -0.919. The maximum absolute atomic E-state index is 12.9. The third-order valence-electron chi connectivity index (χ3n) is 5.84. The molecule has 8 nitrogen and oxygen atoms in total. The number of ether oxygens (including phenoxy) is 1. The molecule has 3 aliphatic heterocycles. The van der Waals surface area contributed by atoms with E-state index >= 15 is 0 Å². The molecule has 0 aromatic heterocycles. The largest absolute Gasteiger partial charge is 0.379 e. The summed E-state index contributed by atoms with van der Waals surface area (Å²) in [5.41, 5.74) is 0.440. The molecule has 0 bridgehead atoms. The number of quaternary nitrogens is 1. The van der Waals surface area contributed by atoms with Gasteiger partial charge in [0.25, 0.3) is 5.91 Å². The summed E-state index contributed by atoms with van der Waals surface area (Å²) in [6.45, 7) is 3.27. The van der Waals surface area contributed by atoms with Crippen LogP contribution in [0.15, 0.2) is 29.2 Å². The van der Waals surface area contributed by atoms with E-state index in [4.69, 9.17) is 4.74 Å². The molecule has 0 aliphatic carbocycles. The number of piperidine rings is 1. The average Bonchev–Trinajstić information content (AvgIpc) is 3.03. The molecule has 3 fully saturated rings. The molecular weight excluding hydrogens is 382 g/mol. The smallest absolute Gasteiger partial charge is 0.292 e. The summed E-state index contributed by atoms with van der Waals surface area (Å²) < 4.78 is 32.1. The molecule has 1 atom stereocenters. The van der Waals surface area contributed by atoms with Crippen molar-refractivity contribution < 1.29 is 27.6 Å². The van der Waals surface area contributed by atoms with Crippen LogP contribution in [0.3, 0.4) is 0 Å². The van der Waals surface area contributed by atoms with E-state index in [2.05, 4.69) is 0 Å². The minimum Gasteiger partial charge on any atom is -0.379 e. The normalized spacial score (nSPS) is 25.4. The topological polar surface area (TPSA) is 88.4 Å². The van der Waals surface area contributed by atoms with E-state index in [1.807, 2.05) is 0 Å². The van der Waals surface area contributed by atoms with Gasteiger partial charge >= 0.3 is 0 Å². The van der Waals surface area contributed by atoms with Gasteiger partial charge < -0.3 is 9.64 Å². The number of likely N-dealkylation sites (tertiary alicyclic amines) is 1. The van der Waals surface area contributed by atoms with E-state index in [1.54, 1.807) is 12.1 Å². The summed E-state index contributed by atoms with van der Waals surface area (Å²) in [6, 6.07) is 5.74. The van der Waals surface area contributed by atoms with Gasteiger partial charge in [0.05, 0.1) is 43.3 Å². The van der Waals surface area contributed by atoms with E-state index in [1.165, 1.54) is 32.7 Å². The van der Waals surface area contributed by atoms with Crippen molar-refractivity contribution in [2.45, 2.75) is 36.6 Å². The first-order chi connectivity index (χ1) is 13.5. The Bertz CT molecular complexity index is 843. The molecule has 152 valence electrons. The van der Waals surface area contributed by atoms with Crippen LogP contribution in [0.2, 0.25) is 0 Å². The Hall–Kier alpha value is -1.81. The maximum Gasteiger partial charge on any atom is 0.292 e. The summed E-state index contributed by atoms with van der Waals surface area (Å²) in [4.78, 5) is 28.0. The Labute approximate surface area is 165 Å². The summed E-state index contributed by atoms with van der Waals surface area (Å²) in [7, 11) is -3.60. The van der Waals surface area contributed by atoms with Crippen molar-refractivity contribution in [3.63, 3.8) is 0 Å². The van der Waals surface area contributed by atoms with Crippen LogP contribution in [-0.4, -0.2) is 70.0 Å². The van der Waals surface area contributed by atoms with Crippen molar-refractivity contribution in [3.8, 4) is 0 Å². The average molecular weight is 409 g/mol. The van der Waals surface area contributed by atoms with Crippen LogP contribution in [0.1, 0.15) is 25.7 Å². The number of nitrogens with zero attached hydrogens (tertiary/aromatic N) is 2. The van der Waals surface area contributed by atoms with Gasteiger partial charge in [-0.3, -0.25) is 9.59 Å². The van der Waals surface area contributed by atoms with Gasteiger partial charge in [0.2, 0.25) is 15.9 Å². The van der Waals surface area contributed by atoms with Crippen LogP contribution < -0.4 is 9.80 Å². The molecule has 9 heteroatoms. The molecule has 3 aliphatic rings. The fourth-order valence-corrected chi connectivity index (χ4v) is 5.69. The second-order valence-electron chi connectivity index (χ2n) is 7.55. The fourth-order valence-electron chi connectivity index (χ4n) is 4.28. The monoisotopic (exact) mass is 408 g/mol. The molecule has 0 saturated carbocycles. The predicted molar refractivity (Wildman–Crippen MR) is 101 cm³/mol. The highest BCUT2D eigenvalue weighted by molar-refractivity contribution is 7.89. The Balaban J connectivity index is 1.52. The molecule has 1 aromatic carbocycles. The highest BCUT2D eigenvalue weighted by Crippen LogP contribution is 2.25. The summed E-state index contributed by atoms with van der Waals surface area (Å²) in [6.07, 6.45) is 3.58.